The zero-order valence-electron chi connectivity index (χ0n) is 5.60. The van der Waals surface area contributed by atoms with E-state index in [1.54, 1.807) is 7.05 Å². The Morgan fingerprint density at radius 3 is 2.38 bits per heavy atom. The molecular weight excluding hydrogens is 102 g/mol. The Balaban J connectivity index is 3.63. The number of allylic oxidation sites excluding steroid dienone is 1. The molecule has 8 heavy (non-hydrogen) atoms. The van der Waals surface area contributed by atoms with E-state index >= 15 is 0 Å². The highest BCUT2D eigenvalue weighted by molar-refractivity contribution is 5.00. The first-order chi connectivity index (χ1) is 3.72. The molecule has 0 bridgehead atoms. The summed E-state index contributed by atoms with van der Waals surface area (Å²) in [5.74, 6) is 0. The lowest BCUT2D eigenvalue weighted by molar-refractivity contribution is 0.183. The van der Waals surface area contributed by atoms with Crippen molar-refractivity contribution < 1.29 is 5.11 Å². The summed E-state index contributed by atoms with van der Waals surface area (Å²) in [6.07, 6.45) is 1.40. The Morgan fingerprint density at radius 1 is 1.75 bits per heavy atom. The maximum atomic E-state index is 8.95. The molecule has 0 aliphatic rings. The van der Waals surface area contributed by atoms with E-state index in [2.05, 4.69) is 5.32 Å². The van der Waals surface area contributed by atoms with E-state index in [0.717, 1.165) is 5.57 Å². The van der Waals surface area contributed by atoms with Gasteiger partial charge in [0.05, 0.1) is 0 Å². The molecule has 48 valence electrons. The highest BCUT2D eigenvalue weighted by Crippen LogP contribution is 1.94. The highest BCUT2D eigenvalue weighted by atomic mass is 16.3. The van der Waals surface area contributed by atoms with Crippen molar-refractivity contribution in [2.45, 2.75) is 20.1 Å². The molecule has 0 aromatic rings. The van der Waals surface area contributed by atoms with Crippen molar-refractivity contribution in [1.82, 2.24) is 5.32 Å². The smallest absolute Gasteiger partial charge is 0.126 e. The lowest BCUT2D eigenvalue weighted by Gasteiger charge is -2.07. The first-order valence-corrected chi connectivity index (χ1v) is 2.70. The van der Waals surface area contributed by atoms with Gasteiger partial charge in [0.15, 0.2) is 0 Å². The minimum Gasteiger partial charge on any atom is -0.375 e. The highest BCUT2D eigenvalue weighted by Gasteiger charge is 1.97. The summed E-state index contributed by atoms with van der Waals surface area (Å²) in [6, 6.07) is 0. The van der Waals surface area contributed by atoms with Gasteiger partial charge in [-0.2, -0.15) is 0 Å². The van der Waals surface area contributed by atoms with Gasteiger partial charge in [0, 0.05) is 0 Å². The van der Waals surface area contributed by atoms with Gasteiger partial charge in [0.25, 0.3) is 0 Å². The minimum atomic E-state index is -0.472. The maximum Gasteiger partial charge on any atom is 0.126 e. The first-order valence-electron chi connectivity index (χ1n) is 2.70. The number of aliphatic hydroxyl groups excluding tert-OH is 1. The molecule has 0 saturated carbocycles. The number of nitrogens with one attached hydrogen (secondary N) is 1. The number of aliphatic hydroxyl groups is 1. The second-order valence-corrected chi connectivity index (χ2v) is 1.72. The van der Waals surface area contributed by atoms with Crippen molar-refractivity contribution >= 4 is 0 Å². The minimum absolute atomic E-state index is 0.472. The van der Waals surface area contributed by atoms with Crippen LogP contribution in [0.15, 0.2) is 11.6 Å². The summed E-state index contributed by atoms with van der Waals surface area (Å²) in [5.41, 5.74) is 0.951. The van der Waals surface area contributed by atoms with Crippen LogP contribution in [0.4, 0.5) is 0 Å². The van der Waals surface area contributed by atoms with Gasteiger partial charge in [-0.05, 0) is 26.5 Å². The van der Waals surface area contributed by atoms with Crippen LogP contribution in [0.5, 0.6) is 0 Å². The SMILES string of the molecule is C/C=C(\C)C(O)NC. The number of rotatable bonds is 2. The zero-order valence-corrected chi connectivity index (χ0v) is 5.60. The fourth-order valence-corrected chi connectivity index (χ4v) is 0.386. The van der Waals surface area contributed by atoms with Gasteiger partial charge in [-0.3, -0.25) is 5.32 Å². The summed E-state index contributed by atoms with van der Waals surface area (Å²) in [5, 5.41) is 11.6. The third-order valence-corrected chi connectivity index (χ3v) is 1.16. The third kappa shape index (κ3) is 2.09. The average Bonchev–Trinajstić information content (AvgIpc) is 1.84. The van der Waals surface area contributed by atoms with Gasteiger partial charge < -0.3 is 5.11 Å². The molecule has 2 N–H and O–H groups in total. The second-order valence-electron chi connectivity index (χ2n) is 1.72. The van der Waals surface area contributed by atoms with E-state index in [0.29, 0.717) is 0 Å². The molecule has 2 heteroatoms. The van der Waals surface area contributed by atoms with Crippen molar-refractivity contribution in [3.8, 4) is 0 Å². The second kappa shape index (κ2) is 3.64. The Labute approximate surface area is 50.2 Å². The monoisotopic (exact) mass is 115 g/mol. The van der Waals surface area contributed by atoms with Crippen LogP contribution in [0.2, 0.25) is 0 Å². The number of hydrogen-bond acceptors (Lipinski definition) is 2. The van der Waals surface area contributed by atoms with Crippen LogP contribution in [0.3, 0.4) is 0 Å². The van der Waals surface area contributed by atoms with E-state index in [1.165, 1.54) is 0 Å². The van der Waals surface area contributed by atoms with Crippen LogP contribution in [0.1, 0.15) is 13.8 Å². The summed E-state index contributed by atoms with van der Waals surface area (Å²) in [7, 11) is 1.72. The third-order valence-electron chi connectivity index (χ3n) is 1.16. The van der Waals surface area contributed by atoms with Crippen LogP contribution in [0.25, 0.3) is 0 Å². The van der Waals surface area contributed by atoms with E-state index < -0.39 is 6.23 Å². The Kier molecular flexibility index (Phi) is 3.48. The number of likely N-dealkylation sites (N-methyl/N-ethyl adjacent to an activating group) is 1. The number of hydrogen-bond donors (Lipinski definition) is 2. The van der Waals surface area contributed by atoms with Crippen LogP contribution in [-0.2, 0) is 0 Å². The molecule has 0 aromatic heterocycles. The van der Waals surface area contributed by atoms with Crippen LogP contribution in [-0.4, -0.2) is 18.4 Å². The van der Waals surface area contributed by atoms with Gasteiger partial charge in [-0.1, -0.05) is 6.08 Å². The molecule has 0 spiro atoms. The zero-order chi connectivity index (χ0) is 6.57. The molecule has 0 fully saturated rings. The molecule has 0 saturated heterocycles. The van der Waals surface area contributed by atoms with E-state index in [9.17, 15) is 0 Å². The van der Waals surface area contributed by atoms with Crippen LogP contribution >= 0.6 is 0 Å². The summed E-state index contributed by atoms with van der Waals surface area (Å²) in [4.78, 5) is 0. The van der Waals surface area contributed by atoms with E-state index in [4.69, 9.17) is 5.11 Å². The molecule has 0 radical (unpaired) electrons. The first kappa shape index (κ1) is 7.66. The predicted molar refractivity (Wildman–Crippen MR) is 34.5 cm³/mol. The lowest BCUT2D eigenvalue weighted by Crippen LogP contribution is -2.25. The molecule has 1 unspecified atom stereocenters. The Morgan fingerprint density at radius 2 is 2.25 bits per heavy atom. The fraction of sp³-hybridized carbons (Fsp3) is 0.667. The molecule has 0 aromatic carbocycles. The van der Waals surface area contributed by atoms with Crippen molar-refractivity contribution in [1.29, 1.82) is 0 Å². The summed E-state index contributed by atoms with van der Waals surface area (Å²) >= 11 is 0. The van der Waals surface area contributed by atoms with Crippen LogP contribution in [0, 0.1) is 0 Å². The quantitative estimate of drug-likeness (QED) is 0.405. The Hall–Kier alpha value is -0.340. The largest absolute Gasteiger partial charge is 0.375 e. The maximum absolute atomic E-state index is 8.95. The summed E-state index contributed by atoms with van der Waals surface area (Å²) in [6.45, 7) is 3.77. The molecule has 0 rings (SSSR count). The molecule has 1 atom stereocenters. The van der Waals surface area contributed by atoms with Gasteiger partial charge in [-0.15, -0.1) is 0 Å². The lowest BCUT2D eigenvalue weighted by atomic mass is 10.2. The van der Waals surface area contributed by atoms with E-state index in [-0.39, 0.29) is 0 Å². The average molecular weight is 115 g/mol. The molecule has 2 nitrogen and oxygen atoms in total. The van der Waals surface area contributed by atoms with Gasteiger partial charge >= 0.3 is 0 Å². The van der Waals surface area contributed by atoms with Gasteiger partial charge in [0.2, 0.25) is 0 Å². The van der Waals surface area contributed by atoms with Crippen LogP contribution < -0.4 is 5.32 Å². The van der Waals surface area contributed by atoms with Crippen molar-refractivity contribution in [3.63, 3.8) is 0 Å². The van der Waals surface area contributed by atoms with Gasteiger partial charge in [0.1, 0.15) is 6.23 Å². The topological polar surface area (TPSA) is 32.3 Å². The normalized spacial score (nSPS) is 16.2. The van der Waals surface area contributed by atoms with E-state index in [1.807, 2.05) is 19.9 Å². The molecule has 0 aliphatic heterocycles. The predicted octanol–water partition coefficient (Wildman–Crippen LogP) is 0.490. The molecule has 0 heterocycles. The van der Waals surface area contributed by atoms with Crippen molar-refractivity contribution in [3.05, 3.63) is 11.6 Å². The summed E-state index contributed by atoms with van der Waals surface area (Å²) < 4.78 is 0. The van der Waals surface area contributed by atoms with Crippen molar-refractivity contribution in [2.75, 3.05) is 7.05 Å². The molecule has 0 aliphatic carbocycles. The molecule has 0 amide bonds. The standard InChI is InChI=1S/C6H13NO/c1-4-5(2)6(8)7-3/h4,6-8H,1-3H3/b5-4+. The van der Waals surface area contributed by atoms with Crippen molar-refractivity contribution in [2.24, 2.45) is 0 Å². The molecular formula is C6H13NO. The fourth-order valence-electron chi connectivity index (χ4n) is 0.386. The Bertz CT molecular complexity index is 88.5. The van der Waals surface area contributed by atoms with Gasteiger partial charge in [-0.25, -0.2) is 0 Å².